The molecule has 0 aliphatic rings. The highest BCUT2D eigenvalue weighted by Gasteiger charge is 2.33. The standard InChI is InChI=1S/C11H25NO3S/c1-5-11(8-12,9-13)6-7-16(14,15)10(2,3)4/h13H,5-9,12H2,1-4H3. The van der Waals surface area contributed by atoms with E-state index in [0.29, 0.717) is 19.4 Å². The quantitative estimate of drug-likeness (QED) is 0.736. The van der Waals surface area contributed by atoms with Crippen LogP contribution in [0.4, 0.5) is 0 Å². The van der Waals surface area contributed by atoms with Crippen LogP contribution >= 0.6 is 0 Å². The molecule has 0 rings (SSSR count). The Labute approximate surface area is 99.1 Å². The third-order valence-corrected chi connectivity index (χ3v) is 5.96. The number of hydrogen-bond acceptors (Lipinski definition) is 4. The monoisotopic (exact) mass is 251 g/mol. The third-order valence-electron chi connectivity index (χ3n) is 3.35. The molecule has 0 amide bonds. The summed E-state index contributed by atoms with van der Waals surface area (Å²) < 4.78 is 23.1. The van der Waals surface area contributed by atoms with Gasteiger partial charge < -0.3 is 10.8 Å². The highest BCUT2D eigenvalue weighted by molar-refractivity contribution is 7.92. The minimum absolute atomic E-state index is 0.0559. The largest absolute Gasteiger partial charge is 0.396 e. The van der Waals surface area contributed by atoms with Crippen LogP contribution in [0, 0.1) is 5.41 Å². The summed E-state index contributed by atoms with van der Waals surface area (Å²) >= 11 is 0. The lowest BCUT2D eigenvalue weighted by molar-refractivity contribution is 0.123. The number of nitrogens with two attached hydrogens (primary N) is 1. The molecule has 0 saturated carbocycles. The first kappa shape index (κ1) is 15.9. The molecule has 0 heterocycles. The topological polar surface area (TPSA) is 80.4 Å². The molecule has 1 atom stereocenters. The van der Waals surface area contributed by atoms with Crippen molar-refractivity contribution in [2.24, 2.45) is 11.1 Å². The lowest BCUT2D eigenvalue weighted by Gasteiger charge is -2.30. The molecule has 0 aromatic heterocycles. The van der Waals surface area contributed by atoms with Crippen LogP contribution in [0.15, 0.2) is 0 Å². The Morgan fingerprint density at radius 2 is 1.75 bits per heavy atom. The van der Waals surface area contributed by atoms with Gasteiger partial charge in [0.25, 0.3) is 0 Å². The van der Waals surface area contributed by atoms with Gasteiger partial charge in [0.15, 0.2) is 9.84 Å². The zero-order valence-corrected chi connectivity index (χ0v) is 11.6. The van der Waals surface area contributed by atoms with Crippen LogP contribution in [-0.2, 0) is 9.84 Å². The minimum atomic E-state index is -3.13. The van der Waals surface area contributed by atoms with Crippen molar-refractivity contribution in [3.05, 3.63) is 0 Å². The van der Waals surface area contributed by atoms with Gasteiger partial charge in [-0.1, -0.05) is 6.92 Å². The fraction of sp³-hybridized carbons (Fsp3) is 1.00. The molecule has 0 spiro atoms. The highest BCUT2D eigenvalue weighted by Crippen LogP contribution is 2.27. The van der Waals surface area contributed by atoms with Crippen LogP contribution < -0.4 is 5.73 Å². The summed E-state index contributed by atoms with van der Waals surface area (Å²) in [4.78, 5) is 0. The zero-order chi connectivity index (χ0) is 13.0. The second-order valence-corrected chi connectivity index (χ2v) is 8.26. The van der Waals surface area contributed by atoms with Gasteiger partial charge in [0.1, 0.15) is 0 Å². The second-order valence-electron chi connectivity index (χ2n) is 5.40. The lowest BCUT2D eigenvalue weighted by atomic mass is 9.83. The predicted octanol–water partition coefficient (Wildman–Crippen LogP) is 0.937. The smallest absolute Gasteiger partial charge is 0.155 e. The Bertz CT molecular complexity index is 291. The number of hydrogen-bond donors (Lipinski definition) is 2. The van der Waals surface area contributed by atoms with Gasteiger partial charge in [0.2, 0.25) is 0 Å². The number of rotatable bonds is 6. The van der Waals surface area contributed by atoms with Crippen molar-refractivity contribution in [1.29, 1.82) is 0 Å². The summed E-state index contributed by atoms with van der Waals surface area (Å²) in [5, 5.41) is 9.30. The van der Waals surface area contributed by atoms with E-state index in [4.69, 9.17) is 5.73 Å². The van der Waals surface area contributed by atoms with E-state index in [1.165, 1.54) is 0 Å². The molecule has 0 aromatic rings. The molecule has 1 unspecified atom stereocenters. The van der Waals surface area contributed by atoms with Crippen LogP contribution in [0.5, 0.6) is 0 Å². The van der Waals surface area contributed by atoms with E-state index in [-0.39, 0.29) is 12.4 Å². The maximum absolute atomic E-state index is 11.9. The minimum Gasteiger partial charge on any atom is -0.396 e. The van der Waals surface area contributed by atoms with E-state index in [2.05, 4.69) is 0 Å². The second kappa shape index (κ2) is 5.47. The number of sulfone groups is 1. The van der Waals surface area contributed by atoms with Crippen molar-refractivity contribution in [3.8, 4) is 0 Å². The molecule has 0 aliphatic carbocycles. The molecular weight excluding hydrogens is 226 g/mol. The fourth-order valence-electron chi connectivity index (χ4n) is 1.34. The Morgan fingerprint density at radius 3 is 2.00 bits per heavy atom. The molecule has 0 radical (unpaired) electrons. The molecular formula is C11H25NO3S. The van der Waals surface area contributed by atoms with Crippen LogP contribution in [0.1, 0.15) is 40.5 Å². The molecule has 0 saturated heterocycles. The van der Waals surface area contributed by atoms with Gasteiger partial charge >= 0.3 is 0 Å². The van der Waals surface area contributed by atoms with E-state index in [0.717, 1.165) is 0 Å². The van der Waals surface area contributed by atoms with Crippen LogP contribution in [0.2, 0.25) is 0 Å². The van der Waals surface area contributed by atoms with Crippen molar-refractivity contribution in [3.63, 3.8) is 0 Å². The van der Waals surface area contributed by atoms with Gasteiger partial charge in [-0.05, 0) is 33.6 Å². The highest BCUT2D eigenvalue weighted by atomic mass is 32.2. The summed E-state index contributed by atoms with van der Waals surface area (Å²) in [6.07, 6.45) is 1.12. The van der Waals surface area contributed by atoms with E-state index < -0.39 is 20.0 Å². The van der Waals surface area contributed by atoms with Crippen molar-refractivity contribution in [1.82, 2.24) is 0 Å². The third kappa shape index (κ3) is 3.71. The Morgan fingerprint density at radius 1 is 1.25 bits per heavy atom. The molecule has 0 fully saturated rings. The maximum atomic E-state index is 11.9. The first-order chi connectivity index (χ1) is 7.14. The number of aliphatic hydroxyl groups excluding tert-OH is 1. The molecule has 98 valence electrons. The van der Waals surface area contributed by atoms with Gasteiger partial charge in [-0.2, -0.15) is 0 Å². The molecule has 0 aromatic carbocycles. The van der Waals surface area contributed by atoms with Crippen LogP contribution in [-0.4, -0.2) is 37.2 Å². The van der Waals surface area contributed by atoms with E-state index >= 15 is 0 Å². The van der Waals surface area contributed by atoms with Crippen LogP contribution in [0.25, 0.3) is 0 Å². The Balaban J connectivity index is 4.68. The summed E-state index contributed by atoms with van der Waals surface area (Å²) in [5.74, 6) is 0.0854. The predicted molar refractivity (Wildman–Crippen MR) is 67.0 cm³/mol. The van der Waals surface area contributed by atoms with E-state index in [9.17, 15) is 13.5 Å². The van der Waals surface area contributed by atoms with E-state index in [1.54, 1.807) is 20.8 Å². The molecule has 0 bridgehead atoms. The molecule has 0 aliphatic heterocycles. The summed E-state index contributed by atoms with van der Waals surface area (Å²) in [7, 11) is -3.13. The summed E-state index contributed by atoms with van der Waals surface area (Å²) in [6, 6.07) is 0. The summed E-state index contributed by atoms with van der Waals surface area (Å²) in [5.41, 5.74) is 5.17. The van der Waals surface area contributed by atoms with E-state index in [1.807, 2.05) is 6.92 Å². The SMILES string of the molecule is CCC(CN)(CO)CCS(=O)(=O)C(C)(C)C. The Hall–Kier alpha value is -0.130. The van der Waals surface area contributed by atoms with Gasteiger partial charge in [-0.15, -0.1) is 0 Å². The van der Waals surface area contributed by atoms with Gasteiger partial charge in [0.05, 0.1) is 10.5 Å². The van der Waals surface area contributed by atoms with Crippen molar-refractivity contribution in [2.45, 2.75) is 45.3 Å². The first-order valence-electron chi connectivity index (χ1n) is 5.67. The van der Waals surface area contributed by atoms with Crippen LogP contribution in [0.3, 0.4) is 0 Å². The molecule has 4 nitrogen and oxygen atoms in total. The average molecular weight is 251 g/mol. The van der Waals surface area contributed by atoms with Crippen molar-refractivity contribution in [2.75, 3.05) is 18.9 Å². The number of aliphatic hydroxyl groups is 1. The van der Waals surface area contributed by atoms with Gasteiger partial charge in [0, 0.05) is 18.6 Å². The van der Waals surface area contributed by atoms with Gasteiger partial charge in [-0.3, -0.25) is 0 Å². The normalized spacial score (nSPS) is 17.1. The molecule has 16 heavy (non-hydrogen) atoms. The fourth-order valence-corrected chi connectivity index (χ4v) is 2.65. The molecule has 5 heteroatoms. The average Bonchev–Trinajstić information content (AvgIpc) is 2.19. The van der Waals surface area contributed by atoms with Gasteiger partial charge in [-0.25, -0.2) is 8.42 Å². The first-order valence-corrected chi connectivity index (χ1v) is 7.32. The Kier molecular flexibility index (Phi) is 5.42. The summed E-state index contributed by atoms with van der Waals surface area (Å²) in [6.45, 7) is 7.26. The maximum Gasteiger partial charge on any atom is 0.155 e. The molecule has 3 N–H and O–H groups in total. The van der Waals surface area contributed by atoms with Crippen molar-refractivity contribution < 1.29 is 13.5 Å². The zero-order valence-electron chi connectivity index (χ0n) is 10.8. The van der Waals surface area contributed by atoms with Crippen molar-refractivity contribution >= 4 is 9.84 Å². The lowest BCUT2D eigenvalue weighted by Crippen LogP contribution is -2.38.